The molecule has 0 unspecified atom stereocenters. The number of anilines is 2. The van der Waals surface area contributed by atoms with Gasteiger partial charge in [0.1, 0.15) is 24.8 Å². The minimum atomic E-state index is -0.521. The third-order valence-electron chi connectivity index (χ3n) is 3.65. The topological polar surface area (TPSA) is 96.3 Å². The number of aromatic nitrogens is 2. The lowest BCUT2D eigenvalue weighted by molar-refractivity contribution is 0.0899. The van der Waals surface area contributed by atoms with Gasteiger partial charge in [0, 0.05) is 21.5 Å². The van der Waals surface area contributed by atoms with E-state index in [1.54, 1.807) is 12.1 Å². The molecule has 0 radical (unpaired) electrons. The third-order valence-corrected chi connectivity index (χ3v) is 4.14. The van der Waals surface area contributed by atoms with Gasteiger partial charge in [-0.15, -0.1) is 0 Å². The van der Waals surface area contributed by atoms with Gasteiger partial charge in [0.15, 0.2) is 5.82 Å². The Kier molecular flexibility index (Phi) is 5.85. The summed E-state index contributed by atoms with van der Waals surface area (Å²) in [5.74, 6) is 1.33. The number of fused-ring (bicyclic) bond motifs is 1. The van der Waals surface area contributed by atoms with E-state index in [2.05, 4.69) is 25.9 Å². The van der Waals surface area contributed by atoms with E-state index in [-0.39, 0.29) is 19.8 Å². The van der Waals surface area contributed by atoms with Crippen LogP contribution in [-0.4, -0.2) is 36.5 Å². The Morgan fingerprint density at radius 1 is 1.04 bits per heavy atom. The number of hydrogen-bond acceptors (Lipinski definition) is 6. The van der Waals surface area contributed by atoms with Crippen LogP contribution in [0.4, 0.5) is 15.9 Å². The Balaban J connectivity index is 1.91. The zero-order chi connectivity index (χ0) is 18.5. The van der Waals surface area contributed by atoms with Crippen molar-refractivity contribution in [2.75, 3.05) is 38.0 Å². The van der Waals surface area contributed by atoms with Gasteiger partial charge in [-0.2, -0.15) is 0 Å². The molecule has 1 aromatic heterocycles. The number of hydrogen-bond donors (Lipinski definition) is 2. The maximum Gasteiger partial charge on any atom is 0.162 e. The third kappa shape index (κ3) is 4.20. The van der Waals surface area contributed by atoms with E-state index < -0.39 is 6.67 Å². The largest absolute Gasteiger partial charge is 0.489 e. The molecular weight excluding hydrogens is 403 g/mol. The average molecular weight is 421 g/mol. The van der Waals surface area contributed by atoms with Gasteiger partial charge in [0.05, 0.1) is 24.4 Å². The lowest BCUT2D eigenvalue weighted by Gasteiger charge is -2.12. The Morgan fingerprint density at radius 3 is 2.65 bits per heavy atom. The molecule has 0 aliphatic rings. The fourth-order valence-electron chi connectivity index (χ4n) is 2.45. The summed E-state index contributed by atoms with van der Waals surface area (Å²) in [5.41, 5.74) is 14.0. The van der Waals surface area contributed by atoms with Crippen LogP contribution in [0.1, 0.15) is 0 Å². The number of halogens is 2. The SMILES string of the molecule is Nc1cc2c(N)nc(-c3cccc(Br)c3)nc2cc1OCCOCCF. The second-order valence-electron chi connectivity index (χ2n) is 5.50. The second-order valence-corrected chi connectivity index (χ2v) is 6.42. The Morgan fingerprint density at radius 2 is 1.88 bits per heavy atom. The summed E-state index contributed by atoms with van der Waals surface area (Å²) in [7, 11) is 0. The summed E-state index contributed by atoms with van der Waals surface area (Å²) in [6.45, 7) is 0.0639. The van der Waals surface area contributed by atoms with Crippen LogP contribution in [0.25, 0.3) is 22.3 Å². The Bertz CT molecular complexity index is 923. The van der Waals surface area contributed by atoms with Crippen molar-refractivity contribution in [3.63, 3.8) is 0 Å². The molecule has 0 aliphatic carbocycles. The van der Waals surface area contributed by atoms with Gasteiger partial charge in [-0.1, -0.05) is 28.1 Å². The average Bonchev–Trinajstić information content (AvgIpc) is 2.62. The van der Waals surface area contributed by atoms with E-state index >= 15 is 0 Å². The molecular formula is C18H18BrFN4O2. The van der Waals surface area contributed by atoms with E-state index in [1.807, 2.05) is 24.3 Å². The molecule has 0 saturated carbocycles. The van der Waals surface area contributed by atoms with Crippen LogP contribution in [0.2, 0.25) is 0 Å². The smallest absolute Gasteiger partial charge is 0.162 e. The molecule has 0 saturated heterocycles. The summed E-state index contributed by atoms with van der Waals surface area (Å²) in [4.78, 5) is 8.95. The highest BCUT2D eigenvalue weighted by molar-refractivity contribution is 9.10. The van der Waals surface area contributed by atoms with Crippen LogP contribution >= 0.6 is 15.9 Å². The number of alkyl halides is 1. The van der Waals surface area contributed by atoms with Crippen molar-refractivity contribution in [2.45, 2.75) is 0 Å². The van der Waals surface area contributed by atoms with Crippen molar-refractivity contribution in [3.05, 3.63) is 40.9 Å². The molecule has 4 N–H and O–H groups in total. The molecule has 0 atom stereocenters. The Labute approximate surface area is 158 Å². The van der Waals surface area contributed by atoms with Crippen molar-refractivity contribution in [1.82, 2.24) is 9.97 Å². The van der Waals surface area contributed by atoms with Crippen LogP contribution in [0.3, 0.4) is 0 Å². The first-order valence-electron chi connectivity index (χ1n) is 7.97. The van der Waals surface area contributed by atoms with Crippen molar-refractivity contribution < 1.29 is 13.9 Å². The summed E-state index contributed by atoms with van der Waals surface area (Å²) in [6.07, 6.45) is 0. The van der Waals surface area contributed by atoms with Crippen LogP contribution < -0.4 is 16.2 Å². The zero-order valence-electron chi connectivity index (χ0n) is 13.9. The molecule has 3 aromatic rings. The Hall–Kier alpha value is -2.45. The highest BCUT2D eigenvalue weighted by atomic mass is 79.9. The first kappa shape index (κ1) is 18.3. The highest BCUT2D eigenvalue weighted by Crippen LogP contribution is 2.31. The molecule has 3 rings (SSSR count). The summed E-state index contributed by atoms with van der Waals surface area (Å²) < 4.78 is 23.6. The van der Waals surface area contributed by atoms with E-state index in [4.69, 9.17) is 20.9 Å². The van der Waals surface area contributed by atoms with Crippen molar-refractivity contribution in [3.8, 4) is 17.1 Å². The molecule has 136 valence electrons. The summed E-state index contributed by atoms with van der Waals surface area (Å²) in [5, 5.41) is 0.655. The van der Waals surface area contributed by atoms with Crippen molar-refractivity contribution in [2.24, 2.45) is 0 Å². The molecule has 2 aromatic carbocycles. The van der Waals surface area contributed by atoms with E-state index in [0.717, 1.165) is 10.0 Å². The molecule has 6 nitrogen and oxygen atoms in total. The van der Waals surface area contributed by atoms with Crippen LogP contribution in [0, 0.1) is 0 Å². The summed E-state index contributed by atoms with van der Waals surface area (Å²) >= 11 is 3.44. The zero-order valence-corrected chi connectivity index (χ0v) is 15.5. The highest BCUT2D eigenvalue weighted by Gasteiger charge is 2.11. The number of benzene rings is 2. The fraction of sp³-hybridized carbons (Fsp3) is 0.222. The maximum absolute atomic E-state index is 12.0. The first-order valence-corrected chi connectivity index (χ1v) is 8.77. The van der Waals surface area contributed by atoms with Gasteiger partial charge in [-0.3, -0.25) is 0 Å². The molecule has 0 bridgehead atoms. The van der Waals surface area contributed by atoms with Gasteiger partial charge in [0.2, 0.25) is 0 Å². The lowest BCUT2D eigenvalue weighted by atomic mass is 10.1. The minimum Gasteiger partial charge on any atom is -0.489 e. The van der Waals surface area contributed by atoms with Gasteiger partial charge >= 0.3 is 0 Å². The predicted molar refractivity (Wildman–Crippen MR) is 104 cm³/mol. The molecule has 0 amide bonds. The maximum atomic E-state index is 12.0. The molecule has 1 heterocycles. The normalized spacial score (nSPS) is 11.0. The molecule has 0 aliphatic heterocycles. The quantitative estimate of drug-likeness (QED) is 0.447. The molecule has 26 heavy (non-hydrogen) atoms. The van der Waals surface area contributed by atoms with Crippen LogP contribution in [0.5, 0.6) is 5.75 Å². The van der Waals surface area contributed by atoms with E-state index in [0.29, 0.717) is 34.0 Å². The lowest BCUT2D eigenvalue weighted by Crippen LogP contribution is -2.09. The van der Waals surface area contributed by atoms with Crippen molar-refractivity contribution >= 4 is 38.3 Å². The van der Waals surface area contributed by atoms with Crippen molar-refractivity contribution in [1.29, 1.82) is 0 Å². The van der Waals surface area contributed by atoms with Crippen LogP contribution in [-0.2, 0) is 4.74 Å². The first-order chi connectivity index (χ1) is 12.6. The predicted octanol–water partition coefficient (Wildman–Crippen LogP) is 3.59. The molecule has 8 heteroatoms. The summed E-state index contributed by atoms with van der Waals surface area (Å²) in [6, 6.07) is 11.1. The fourth-order valence-corrected chi connectivity index (χ4v) is 2.84. The van der Waals surface area contributed by atoms with Gasteiger partial charge in [-0.25, -0.2) is 14.4 Å². The number of nitrogens with two attached hydrogens (primary N) is 2. The monoisotopic (exact) mass is 420 g/mol. The number of ether oxygens (including phenoxy) is 2. The minimum absolute atomic E-state index is 0.0519. The number of nitrogens with zero attached hydrogens (tertiary/aromatic N) is 2. The van der Waals surface area contributed by atoms with Gasteiger partial charge in [-0.05, 0) is 18.2 Å². The molecule has 0 fully saturated rings. The standard InChI is InChI=1S/C18H18BrFN4O2/c19-12-3-1-2-11(8-12)18-23-15-10-16(26-7-6-25-5-4-20)14(21)9-13(15)17(22)24-18/h1-3,8-10H,4-7,21H2,(H2,22,23,24). The van der Waals surface area contributed by atoms with Gasteiger partial charge in [0.25, 0.3) is 0 Å². The second kappa shape index (κ2) is 8.29. The van der Waals surface area contributed by atoms with Gasteiger partial charge < -0.3 is 20.9 Å². The van der Waals surface area contributed by atoms with Crippen LogP contribution in [0.15, 0.2) is 40.9 Å². The number of nitrogen functional groups attached to an aromatic ring is 2. The van der Waals surface area contributed by atoms with E-state index in [1.165, 1.54) is 0 Å². The molecule has 0 spiro atoms. The van der Waals surface area contributed by atoms with E-state index in [9.17, 15) is 4.39 Å². The number of rotatable bonds is 7.